The lowest BCUT2D eigenvalue weighted by Gasteiger charge is -2.22. The molecular weight excluding hydrogens is 388 g/mol. The molecular formula is C26H26N2O3. The van der Waals surface area contributed by atoms with Crippen molar-refractivity contribution in [2.24, 2.45) is 5.92 Å². The number of hydrogen-bond acceptors (Lipinski definition) is 3. The van der Waals surface area contributed by atoms with E-state index in [1.165, 1.54) is 0 Å². The van der Waals surface area contributed by atoms with E-state index in [2.05, 4.69) is 17.4 Å². The van der Waals surface area contributed by atoms with Gasteiger partial charge >= 0.3 is 0 Å². The normalized spacial score (nSPS) is 16.7. The van der Waals surface area contributed by atoms with Crippen molar-refractivity contribution >= 4 is 17.5 Å². The molecule has 0 radical (unpaired) electrons. The molecule has 0 bridgehead atoms. The monoisotopic (exact) mass is 414 g/mol. The van der Waals surface area contributed by atoms with E-state index in [1.54, 1.807) is 12.0 Å². The molecule has 1 fully saturated rings. The Hall–Kier alpha value is -3.60. The zero-order valence-corrected chi connectivity index (χ0v) is 17.5. The van der Waals surface area contributed by atoms with Crippen LogP contribution in [-0.4, -0.2) is 25.5 Å². The van der Waals surface area contributed by atoms with Gasteiger partial charge in [0.2, 0.25) is 11.8 Å². The molecule has 2 atom stereocenters. The van der Waals surface area contributed by atoms with Crippen LogP contribution in [-0.2, 0) is 16.0 Å². The van der Waals surface area contributed by atoms with Crippen molar-refractivity contribution in [1.82, 2.24) is 5.32 Å². The summed E-state index contributed by atoms with van der Waals surface area (Å²) in [5.41, 5.74) is 2.99. The standard InChI is InChI=1S/C26H26N2O3/c1-31-23-14-12-22(13-15-23)28-18-21(17-25(28)29)26(30)27-24(20-10-6-3-7-11-20)16-19-8-4-2-5-9-19/h2-15,21,24H,16-18H2,1H3,(H,27,30)/t21-,24-/m0/s1. The van der Waals surface area contributed by atoms with Gasteiger partial charge in [0.15, 0.2) is 0 Å². The summed E-state index contributed by atoms with van der Waals surface area (Å²) in [6.07, 6.45) is 0.907. The smallest absolute Gasteiger partial charge is 0.227 e. The Labute approximate surface area is 182 Å². The lowest BCUT2D eigenvalue weighted by atomic mass is 9.97. The molecule has 0 spiro atoms. The van der Waals surface area contributed by atoms with Crippen LogP contribution in [0.25, 0.3) is 0 Å². The highest BCUT2D eigenvalue weighted by molar-refractivity contribution is 6.00. The minimum Gasteiger partial charge on any atom is -0.497 e. The number of carbonyl (C=O) groups excluding carboxylic acids is 2. The van der Waals surface area contributed by atoms with E-state index in [-0.39, 0.29) is 30.2 Å². The maximum absolute atomic E-state index is 13.1. The lowest BCUT2D eigenvalue weighted by Crippen LogP contribution is -2.36. The van der Waals surface area contributed by atoms with Gasteiger partial charge in [-0.15, -0.1) is 0 Å². The maximum atomic E-state index is 13.1. The van der Waals surface area contributed by atoms with Gasteiger partial charge in [0.1, 0.15) is 5.75 Å². The van der Waals surface area contributed by atoms with Crippen molar-refractivity contribution in [3.05, 3.63) is 96.1 Å². The zero-order valence-electron chi connectivity index (χ0n) is 17.5. The Bertz CT molecular complexity index is 1020. The Morgan fingerprint density at radius 1 is 1.00 bits per heavy atom. The molecule has 0 unspecified atom stereocenters. The summed E-state index contributed by atoms with van der Waals surface area (Å²) in [6.45, 7) is 0.379. The Morgan fingerprint density at radius 2 is 1.65 bits per heavy atom. The third-order valence-corrected chi connectivity index (χ3v) is 5.68. The molecule has 0 aromatic heterocycles. The fraction of sp³-hybridized carbons (Fsp3) is 0.231. The molecule has 1 aliphatic heterocycles. The van der Waals surface area contributed by atoms with Crippen molar-refractivity contribution in [2.45, 2.75) is 18.9 Å². The van der Waals surface area contributed by atoms with E-state index in [4.69, 9.17) is 4.74 Å². The second-order valence-electron chi connectivity index (χ2n) is 7.76. The summed E-state index contributed by atoms with van der Waals surface area (Å²) < 4.78 is 5.19. The molecule has 5 heteroatoms. The minimum atomic E-state index is -0.378. The van der Waals surface area contributed by atoms with Crippen molar-refractivity contribution in [2.75, 3.05) is 18.6 Å². The molecule has 158 valence electrons. The number of rotatable bonds is 7. The second kappa shape index (κ2) is 9.47. The van der Waals surface area contributed by atoms with E-state index in [0.717, 1.165) is 22.6 Å². The van der Waals surface area contributed by atoms with Crippen LogP contribution in [0.4, 0.5) is 5.69 Å². The van der Waals surface area contributed by atoms with E-state index >= 15 is 0 Å². The van der Waals surface area contributed by atoms with E-state index in [1.807, 2.05) is 72.8 Å². The average molecular weight is 415 g/mol. The molecule has 1 aliphatic rings. The molecule has 0 saturated carbocycles. The fourth-order valence-electron chi connectivity index (χ4n) is 3.97. The molecule has 0 aliphatic carbocycles. The van der Waals surface area contributed by atoms with Crippen molar-refractivity contribution < 1.29 is 14.3 Å². The van der Waals surface area contributed by atoms with Gasteiger partial charge in [-0.1, -0.05) is 60.7 Å². The largest absolute Gasteiger partial charge is 0.497 e. The Kier molecular flexibility index (Phi) is 6.32. The van der Waals surface area contributed by atoms with Gasteiger partial charge in [0.25, 0.3) is 0 Å². The first-order chi connectivity index (χ1) is 15.1. The number of amides is 2. The predicted octanol–water partition coefficient (Wildman–Crippen LogP) is 4.15. The molecule has 31 heavy (non-hydrogen) atoms. The van der Waals surface area contributed by atoms with Crippen LogP contribution in [0.15, 0.2) is 84.9 Å². The zero-order chi connectivity index (χ0) is 21.6. The average Bonchev–Trinajstić information content (AvgIpc) is 3.21. The fourth-order valence-corrected chi connectivity index (χ4v) is 3.97. The summed E-state index contributed by atoms with van der Waals surface area (Å²) >= 11 is 0. The summed E-state index contributed by atoms with van der Waals surface area (Å²) in [4.78, 5) is 27.4. The number of methoxy groups -OCH3 is 1. The van der Waals surface area contributed by atoms with Crippen LogP contribution in [0.1, 0.15) is 23.6 Å². The van der Waals surface area contributed by atoms with Crippen LogP contribution in [0, 0.1) is 5.92 Å². The number of hydrogen-bond donors (Lipinski definition) is 1. The molecule has 1 N–H and O–H groups in total. The quantitative estimate of drug-likeness (QED) is 0.632. The number of nitrogens with one attached hydrogen (secondary N) is 1. The number of anilines is 1. The molecule has 3 aromatic carbocycles. The molecule has 2 amide bonds. The minimum absolute atomic E-state index is 0.0374. The van der Waals surface area contributed by atoms with Crippen molar-refractivity contribution in [3.63, 3.8) is 0 Å². The number of ether oxygens (including phenoxy) is 1. The SMILES string of the molecule is COc1ccc(N2C[C@@H](C(=O)N[C@@H](Cc3ccccc3)c3ccccc3)CC2=O)cc1. The van der Waals surface area contributed by atoms with Gasteiger partial charge in [-0.05, 0) is 41.8 Å². The summed E-state index contributed by atoms with van der Waals surface area (Å²) in [7, 11) is 1.61. The summed E-state index contributed by atoms with van der Waals surface area (Å²) in [5, 5.41) is 3.20. The highest BCUT2D eigenvalue weighted by atomic mass is 16.5. The third kappa shape index (κ3) is 4.94. The number of nitrogens with zero attached hydrogens (tertiary/aromatic N) is 1. The summed E-state index contributed by atoms with van der Waals surface area (Å²) in [5.74, 6) is 0.228. The van der Waals surface area contributed by atoms with E-state index in [9.17, 15) is 9.59 Å². The maximum Gasteiger partial charge on any atom is 0.227 e. The third-order valence-electron chi connectivity index (χ3n) is 5.68. The lowest BCUT2D eigenvalue weighted by molar-refractivity contribution is -0.127. The first kappa shape index (κ1) is 20.7. The van der Waals surface area contributed by atoms with Crippen molar-refractivity contribution in [3.8, 4) is 5.75 Å². The van der Waals surface area contributed by atoms with Gasteiger partial charge in [-0.3, -0.25) is 9.59 Å². The van der Waals surface area contributed by atoms with Gasteiger partial charge in [0.05, 0.1) is 19.1 Å². The molecule has 5 nitrogen and oxygen atoms in total. The highest BCUT2D eigenvalue weighted by Gasteiger charge is 2.36. The van der Waals surface area contributed by atoms with Crippen LogP contribution in [0.5, 0.6) is 5.75 Å². The van der Waals surface area contributed by atoms with Gasteiger partial charge in [0, 0.05) is 18.7 Å². The molecule has 1 heterocycles. The topological polar surface area (TPSA) is 58.6 Å². The van der Waals surface area contributed by atoms with Crippen molar-refractivity contribution in [1.29, 1.82) is 0 Å². The molecule has 1 saturated heterocycles. The predicted molar refractivity (Wildman–Crippen MR) is 121 cm³/mol. The summed E-state index contributed by atoms with van der Waals surface area (Å²) in [6, 6.07) is 27.3. The number of benzene rings is 3. The first-order valence-electron chi connectivity index (χ1n) is 10.5. The molecule has 3 aromatic rings. The van der Waals surface area contributed by atoms with Gasteiger partial charge in [-0.2, -0.15) is 0 Å². The van der Waals surface area contributed by atoms with Crippen LogP contribution >= 0.6 is 0 Å². The van der Waals surface area contributed by atoms with E-state index in [0.29, 0.717) is 13.0 Å². The van der Waals surface area contributed by atoms with Gasteiger partial charge < -0.3 is 15.0 Å². The van der Waals surface area contributed by atoms with Crippen LogP contribution in [0.3, 0.4) is 0 Å². The van der Waals surface area contributed by atoms with E-state index < -0.39 is 0 Å². The van der Waals surface area contributed by atoms with Gasteiger partial charge in [-0.25, -0.2) is 0 Å². The highest BCUT2D eigenvalue weighted by Crippen LogP contribution is 2.28. The number of carbonyl (C=O) groups is 2. The van der Waals surface area contributed by atoms with Crippen LogP contribution in [0.2, 0.25) is 0 Å². The Morgan fingerprint density at radius 3 is 2.29 bits per heavy atom. The molecule has 4 rings (SSSR count). The second-order valence-corrected chi connectivity index (χ2v) is 7.76. The van der Waals surface area contributed by atoms with Crippen LogP contribution < -0.4 is 15.0 Å². The first-order valence-corrected chi connectivity index (χ1v) is 10.5. The Balaban J connectivity index is 1.47.